The van der Waals surface area contributed by atoms with Gasteiger partial charge in [0.05, 0.1) is 0 Å². The Morgan fingerprint density at radius 2 is 2.12 bits per heavy atom. The van der Waals surface area contributed by atoms with E-state index in [1.807, 2.05) is 18.2 Å². The largest absolute Gasteiger partial charge is 0.389 e. The lowest BCUT2D eigenvalue weighted by Gasteiger charge is -2.17. The van der Waals surface area contributed by atoms with E-state index >= 15 is 0 Å². The predicted molar refractivity (Wildman–Crippen MR) is 77.4 cm³/mol. The molecule has 0 amide bonds. The normalized spacial score (nSPS) is 16.5. The molecule has 1 saturated carbocycles. The minimum atomic E-state index is 0.466. The van der Waals surface area contributed by atoms with Crippen molar-refractivity contribution >= 4 is 22.9 Å². The Labute approximate surface area is 109 Å². The second-order valence-electron chi connectivity index (χ2n) is 5.01. The van der Waals surface area contributed by atoms with Crippen molar-refractivity contribution in [2.45, 2.75) is 32.6 Å². The smallest absolute Gasteiger partial charge is 0.106 e. The maximum Gasteiger partial charge on any atom is 0.106 e. The molecule has 0 atom stereocenters. The first-order valence-electron chi connectivity index (χ1n) is 6.30. The average Bonchev–Trinajstić information content (AvgIpc) is 3.08. The molecule has 0 aromatic heterocycles. The van der Waals surface area contributed by atoms with E-state index in [0.717, 1.165) is 17.8 Å². The van der Waals surface area contributed by atoms with Gasteiger partial charge in [0, 0.05) is 17.8 Å². The van der Waals surface area contributed by atoms with Crippen LogP contribution in [0.3, 0.4) is 0 Å². The van der Waals surface area contributed by atoms with Crippen LogP contribution >= 0.6 is 12.2 Å². The number of nitrogens with one attached hydrogen (secondary N) is 1. The summed E-state index contributed by atoms with van der Waals surface area (Å²) in [6.45, 7) is 3.30. The van der Waals surface area contributed by atoms with Gasteiger partial charge in [0.25, 0.3) is 0 Å². The lowest BCUT2D eigenvalue weighted by molar-refractivity contribution is 0.485. The Morgan fingerprint density at radius 3 is 2.71 bits per heavy atom. The summed E-state index contributed by atoms with van der Waals surface area (Å²) in [7, 11) is 0. The highest BCUT2D eigenvalue weighted by molar-refractivity contribution is 7.80. The summed E-state index contributed by atoms with van der Waals surface area (Å²) in [6.07, 6.45) is 5.28. The summed E-state index contributed by atoms with van der Waals surface area (Å²) >= 11 is 5.06. The summed E-state index contributed by atoms with van der Waals surface area (Å²) in [5.41, 5.74) is 8.28. The van der Waals surface area contributed by atoms with E-state index in [9.17, 15) is 0 Å². The number of para-hydroxylation sites is 1. The van der Waals surface area contributed by atoms with E-state index in [4.69, 9.17) is 18.0 Å². The fraction of sp³-hybridized carbons (Fsp3) is 0.500. The Morgan fingerprint density at radius 1 is 1.41 bits per heavy atom. The summed E-state index contributed by atoms with van der Waals surface area (Å²) in [6, 6.07) is 8.02. The number of anilines is 1. The molecule has 1 aromatic carbocycles. The summed E-state index contributed by atoms with van der Waals surface area (Å²) in [5, 5.41) is 3.51. The summed E-state index contributed by atoms with van der Waals surface area (Å²) in [5.74, 6) is 0. The second-order valence-corrected chi connectivity index (χ2v) is 5.45. The molecule has 3 N–H and O–H groups in total. The van der Waals surface area contributed by atoms with Gasteiger partial charge in [0.1, 0.15) is 4.99 Å². The molecular weight excluding hydrogens is 228 g/mol. The zero-order valence-corrected chi connectivity index (χ0v) is 11.1. The monoisotopic (exact) mass is 248 g/mol. The third kappa shape index (κ3) is 2.97. The lowest BCUT2D eigenvalue weighted by atomic mass is 10.0. The van der Waals surface area contributed by atoms with E-state index in [0.29, 0.717) is 10.4 Å². The van der Waals surface area contributed by atoms with Crippen LogP contribution in [-0.4, -0.2) is 11.5 Å². The van der Waals surface area contributed by atoms with E-state index in [1.54, 1.807) is 0 Å². The highest BCUT2D eigenvalue weighted by Crippen LogP contribution is 2.49. The fourth-order valence-corrected chi connectivity index (χ4v) is 2.54. The molecule has 1 aliphatic carbocycles. The van der Waals surface area contributed by atoms with Gasteiger partial charge in [-0.25, -0.2) is 0 Å². The van der Waals surface area contributed by atoms with Crippen LogP contribution in [0.25, 0.3) is 0 Å². The van der Waals surface area contributed by atoms with E-state index in [-0.39, 0.29) is 0 Å². The molecule has 1 aliphatic rings. The zero-order valence-electron chi connectivity index (χ0n) is 10.3. The van der Waals surface area contributed by atoms with Gasteiger partial charge in [-0.15, -0.1) is 0 Å². The molecular formula is C14H20N2S. The summed E-state index contributed by atoms with van der Waals surface area (Å²) in [4.78, 5) is 0.466. The van der Waals surface area contributed by atoms with Crippen LogP contribution in [0.15, 0.2) is 24.3 Å². The lowest BCUT2D eigenvalue weighted by Crippen LogP contribution is -2.18. The second kappa shape index (κ2) is 5.05. The number of hydrogen-bond donors (Lipinski definition) is 2. The van der Waals surface area contributed by atoms with Gasteiger partial charge in [0.2, 0.25) is 0 Å². The van der Waals surface area contributed by atoms with Crippen LogP contribution in [0.2, 0.25) is 0 Å². The predicted octanol–water partition coefficient (Wildman–Crippen LogP) is 3.31. The molecule has 1 aromatic rings. The highest BCUT2D eigenvalue weighted by atomic mass is 32.1. The molecule has 0 radical (unpaired) electrons. The van der Waals surface area contributed by atoms with Crippen LogP contribution in [0.5, 0.6) is 0 Å². The molecule has 0 bridgehead atoms. The van der Waals surface area contributed by atoms with Crippen molar-refractivity contribution in [3.63, 3.8) is 0 Å². The number of hydrogen-bond acceptors (Lipinski definition) is 2. The van der Waals surface area contributed by atoms with E-state index < -0.39 is 0 Å². The molecule has 0 heterocycles. The van der Waals surface area contributed by atoms with Gasteiger partial charge in [-0.3, -0.25) is 0 Å². The van der Waals surface area contributed by atoms with E-state index in [1.165, 1.54) is 25.7 Å². The highest BCUT2D eigenvalue weighted by Gasteiger charge is 2.41. The van der Waals surface area contributed by atoms with Crippen molar-refractivity contribution in [1.29, 1.82) is 0 Å². The van der Waals surface area contributed by atoms with Crippen molar-refractivity contribution in [3.8, 4) is 0 Å². The Balaban J connectivity index is 2.02. The standard InChI is InChI=1S/C14H20N2S/c1-2-7-14(8-9-14)10-16-12-6-4-3-5-11(12)13(15)17/h3-6,16H,2,7-10H2,1H3,(H2,15,17). The van der Waals surface area contributed by atoms with Gasteiger partial charge in [-0.1, -0.05) is 37.7 Å². The molecule has 0 saturated heterocycles. The van der Waals surface area contributed by atoms with Crippen molar-refractivity contribution in [2.75, 3.05) is 11.9 Å². The third-order valence-corrected chi connectivity index (χ3v) is 3.80. The van der Waals surface area contributed by atoms with Gasteiger partial charge in [-0.05, 0) is 36.8 Å². The van der Waals surface area contributed by atoms with Crippen molar-refractivity contribution < 1.29 is 0 Å². The first-order valence-corrected chi connectivity index (χ1v) is 6.70. The van der Waals surface area contributed by atoms with Crippen LogP contribution in [0.1, 0.15) is 38.2 Å². The average molecular weight is 248 g/mol. The molecule has 1 fully saturated rings. The SMILES string of the molecule is CCCC1(CNc2ccccc2C(N)=S)CC1. The maximum atomic E-state index is 5.72. The first-order chi connectivity index (χ1) is 8.17. The molecule has 0 spiro atoms. The Bertz CT molecular complexity index is 410. The maximum absolute atomic E-state index is 5.72. The fourth-order valence-electron chi connectivity index (χ4n) is 2.36. The molecule has 0 aliphatic heterocycles. The zero-order chi connectivity index (χ0) is 12.3. The topological polar surface area (TPSA) is 38.0 Å². The number of benzene rings is 1. The number of thiocarbonyl (C=S) groups is 1. The minimum Gasteiger partial charge on any atom is -0.389 e. The van der Waals surface area contributed by atoms with Crippen LogP contribution < -0.4 is 11.1 Å². The van der Waals surface area contributed by atoms with Crippen molar-refractivity contribution in [3.05, 3.63) is 29.8 Å². The van der Waals surface area contributed by atoms with Gasteiger partial charge in [0.15, 0.2) is 0 Å². The van der Waals surface area contributed by atoms with Crippen LogP contribution in [0, 0.1) is 5.41 Å². The van der Waals surface area contributed by atoms with Crippen LogP contribution in [0.4, 0.5) is 5.69 Å². The Kier molecular flexibility index (Phi) is 3.67. The minimum absolute atomic E-state index is 0.466. The molecule has 0 unspecified atom stereocenters. The molecule has 92 valence electrons. The summed E-state index contributed by atoms with van der Waals surface area (Å²) < 4.78 is 0. The Hall–Kier alpha value is -1.09. The van der Waals surface area contributed by atoms with Gasteiger partial charge in [-0.2, -0.15) is 0 Å². The van der Waals surface area contributed by atoms with Crippen molar-refractivity contribution in [2.24, 2.45) is 11.1 Å². The molecule has 2 rings (SSSR count). The molecule has 3 heteroatoms. The van der Waals surface area contributed by atoms with Gasteiger partial charge >= 0.3 is 0 Å². The third-order valence-electron chi connectivity index (χ3n) is 3.58. The van der Waals surface area contributed by atoms with E-state index in [2.05, 4.69) is 18.3 Å². The first kappa shape index (κ1) is 12.4. The molecule has 17 heavy (non-hydrogen) atoms. The van der Waals surface area contributed by atoms with Crippen molar-refractivity contribution in [1.82, 2.24) is 0 Å². The quantitative estimate of drug-likeness (QED) is 0.759. The van der Waals surface area contributed by atoms with Gasteiger partial charge < -0.3 is 11.1 Å². The molecule has 2 nitrogen and oxygen atoms in total. The number of rotatable bonds is 6. The number of nitrogens with two attached hydrogens (primary N) is 1. The van der Waals surface area contributed by atoms with Crippen LogP contribution in [-0.2, 0) is 0 Å².